The Bertz CT molecular complexity index is 1860. The molecule has 9 unspecified atom stereocenters. The topological polar surface area (TPSA) is 15.7 Å². The SMILES string of the molecule is CC(C)C1=C(N2C3=C(CCCC3)N(C)C2C2C(C)OC3C=CC(C4=CC5c6ccccc6SC5C=C4)=CC32)C(C(C)C)CC(c2ccccc2)C1. The molecule has 51 heavy (non-hydrogen) atoms. The van der Waals surface area contributed by atoms with Crippen LogP contribution in [0, 0.1) is 29.6 Å². The normalized spacial score (nSPS) is 34.2. The summed E-state index contributed by atoms with van der Waals surface area (Å²) < 4.78 is 6.94. The zero-order chi connectivity index (χ0) is 35.0. The Kier molecular flexibility index (Phi) is 8.79. The molecule has 9 atom stereocenters. The number of nitrogens with zero attached hydrogens (tertiary/aromatic N) is 2. The molecule has 1 saturated heterocycles. The fourth-order valence-corrected chi connectivity index (χ4v) is 12.3. The van der Waals surface area contributed by atoms with Gasteiger partial charge in [0.15, 0.2) is 0 Å². The number of hydrogen-bond donors (Lipinski definition) is 0. The molecule has 1 fully saturated rings. The van der Waals surface area contributed by atoms with Gasteiger partial charge in [0.25, 0.3) is 0 Å². The fourth-order valence-electron chi connectivity index (χ4n) is 10.9. The van der Waals surface area contributed by atoms with E-state index < -0.39 is 0 Å². The van der Waals surface area contributed by atoms with Gasteiger partial charge in [0.05, 0.1) is 12.2 Å². The van der Waals surface area contributed by atoms with E-state index >= 15 is 0 Å². The van der Waals surface area contributed by atoms with Crippen LogP contribution in [0.25, 0.3) is 0 Å². The zero-order valence-electron chi connectivity index (χ0n) is 31.5. The molecule has 0 amide bonds. The lowest BCUT2D eigenvalue weighted by atomic mass is 9.69. The van der Waals surface area contributed by atoms with E-state index in [0.29, 0.717) is 46.7 Å². The van der Waals surface area contributed by atoms with E-state index in [1.54, 1.807) is 22.7 Å². The zero-order valence-corrected chi connectivity index (χ0v) is 32.3. The van der Waals surface area contributed by atoms with Crippen LogP contribution in [0.1, 0.15) is 96.1 Å². The molecule has 0 radical (unpaired) electrons. The van der Waals surface area contributed by atoms with Crippen molar-refractivity contribution in [3.05, 3.63) is 136 Å². The number of ether oxygens (including phenoxy) is 1. The van der Waals surface area contributed by atoms with Gasteiger partial charge in [0.1, 0.15) is 6.17 Å². The summed E-state index contributed by atoms with van der Waals surface area (Å²) in [7, 11) is 2.42. The average molecular weight is 697 g/mol. The Balaban J connectivity index is 1.12. The lowest BCUT2D eigenvalue weighted by Gasteiger charge is -2.47. The van der Waals surface area contributed by atoms with Crippen LogP contribution < -0.4 is 0 Å². The molecule has 3 nitrogen and oxygen atoms in total. The summed E-state index contributed by atoms with van der Waals surface area (Å²) in [6.45, 7) is 12.3. The quantitative estimate of drug-likeness (QED) is 0.299. The summed E-state index contributed by atoms with van der Waals surface area (Å²) >= 11 is 2.02. The fraction of sp³-hybridized carbons (Fsp3) is 0.489. The van der Waals surface area contributed by atoms with Gasteiger partial charge in [0.2, 0.25) is 0 Å². The molecule has 3 heterocycles. The highest BCUT2D eigenvalue weighted by molar-refractivity contribution is 8.00. The number of fused-ring (bicyclic) bond motifs is 4. The lowest BCUT2D eigenvalue weighted by Crippen LogP contribution is -2.50. The summed E-state index contributed by atoms with van der Waals surface area (Å²) in [4.78, 5) is 7.14. The molecule has 4 heteroatoms. The molecular weight excluding hydrogens is 641 g/mol. The van der Waals surface area contributed by atoms with Crippen LogP contribution in [0.4, 0.5) is 0 Å². The van der Waals surface area contributed by atoms with Crippen LogP contribution in [0.5, 0.6) is 0 Å². The third-order valence-electron chi connectivity index (χ3n) is 13.5. The molecule has 4 aliphatic carbocycles. The minimum absolute atomic E-state index is 0.124. The van der Waals surface area contributed by atoms with Gasteiger partial charge in [-0.2, -0.15) is 0 Å². The summed E-state index contributed by atoms with van der Waals surface area (Å²) in [5.41, 5.74) is 12.3. The molecule has 0 spiro atoms. The third kappa shape index (κ3) is 5.66. The van der Waals surface area contributed by atoms with Gasteiger partial charge in [-0.25, -0.2) is 0 Å². The summed E-state index contributed by atoms with van der Waals surface area (Å²) in [5, 5.41) is 0.502. The van der Waals surface area contributed by atoms with E-state index in [2.05, 4.69) is 143 Å². The predicted octanol–water partition coefficient (Wildman–Crippen LogP) is 11.4. The van der Waals surface area contributed by atoms with Crippen molar-refractivity contribution in [2.24, 2.45) is 29.6 Å². The van der Waals surface area contributed by atoms with Crippen LogP contribution >= 0.6 is 11.8 Å². The van der Waals surface area contributed by atoms with Crippen molar-refractivity contribution in [1.82, 2.24) is 9.80 Å². The lowest BCUT2D eigenvalue weighted by molar-refractivity contribution is 0.0293. The second-order valence-corrected chi connectivity index (χ2v) is 18.2. The average Bonchev–Trinajstić information content (AvgIpc) is 3.78. The molecule has 2 aromatic rings. The van der Waals surface area contributed by atoms with Crippen LogP contribution in [-0.2, 0) is 4.74 Å². The number of thioether (sulfide) groups is 1. The molecule has 2 aromatic carbocycles. The van der Waals surface area contributed by atoms with Crippen molar-refractivity contribution in [2.45, 2.75) is 113 Å². The summed E-state index contributed by atoms with van der Waals surface area (Å²) in [6, 6.07) is 20.4. The first-order valence-corrected chi connectivity index (χ1v) is 20.9. The van der Waals surface area contributed by atoms with E-state index in [-0.39, 0.29) is 18.4 Å². The van der Waals surface area contributed by atoms with Crippen molar-refractivity contribution < 1.29 is 4.74 Å². The molecule has 0 saturated carbocycles. The Morgan fingerprint density at radius 3 is 2.35 bits per heavy atom. The minimum Gasteiger partial charge on any atom is -0.370 e. The summed E-state index contributed by atoms with van der Waals surface area (Å²) in [6.07, 6.45) is 22.7. The molecule has 0 N–H and O–H groups in total. The highest BCUT2D eigenvalue weighted by Crippen LogP contribution is 2.55. The number of allylic oxidation sites excluding steroid dienone is 9. The van der Waals surface area contributed by atoms with Gasteiger partial charge in [-0.15, -0.1) is 11.8 Å². The summed E-state index contributed by atoms with van der Waals surface area (Å²) in [5.74, 6) is 3.31. The Hall–Kier alpha value is -3.21. The van der Waals surface area contributed by atoms with E-state index in [1.165, 1.54) is 59.3 Å². The largest absolute Gasteiger partial charge is 0.370 e. The highest BCUT2D eigenvalue weighted by Gasteiger charge is 2.54. The van der Waals surface area contributed by atoms with Crippen molar-refractivity contribution in [3.8, 4) is 0 Å². The maximum Gasteiger partial charge on any atom is 0.111 e. The Labute approximate surface area is 311 Å². The standard InChI is InChI=1S/C47H56N2OS/c1-28(2)36-26-34(31-14-8-7-9-15-31)27-37(29(3)4)46(36)49-41-18-12-11-17-40(41)48(6)47(49)45-30(5)50-42-22-20-32(25-39(42)45)33-21-23-44-38(24-33)35-16-10-13-19-43(35)51-44/h7-10,13-16,19-25,28-30,34,36,38-39,42,44-45,47H,11-12,17-18,26-27H2,1-6H3. The molecule has 266 valence electrons. The minimum atomic E-state index is 0.124. The Morgan fingerprint density at radius 1 is 0.843 bits per heavy atom. The molecule has 9 rings (SSSR count). The van der Waals surface area contributed by atoms with Crippen molar-refractivity contribution >= 4 is 11.8 Å². The van der Waals surface area contributed by atoms with E-state index in [1.807, 2.05) is 11.8 Å². The maximum absolute atomic E-state index is 6.94. The van der Waals surface area contributed by atoms with Gasteiger partial charge in [-0.1, -0.05) is 113 Å². The Morgan fingerprint density at radius 2 is 1.57 bits per heavy atom. The first-order valence-electron chi connectivity index (χ1n) is 20.0. The van der Waals surface area contributed by atoms with Crippen molar-refractivity contribution in [1.29, 1.82) is 0 Å². The molecule has 3 aliphatic heterocycles. The van der Waals surface area contributed by atoms with Crippen LogP contribution in [0.15, 0.2) is 130 Å². The second kappa shape index (κ2) is 13.3. The molecule has 7 aliphatic rings. The van der Waals surface area contributed by atoms with E-state index in [4.69, 9.17) is 4.74 Å². The second-order valence-electron chi connectivity index (χ2n) is 17.0. The van der Waals surface area contributed by atoms with Crippen molar-refractivity contribution in [2.75, 3.05) is 7.05 Å². The smallest absolute Gasteiger partial charge is 0.111 e. The predicted molar refractivity (Wildman–Crippen MR) is 212 cm³/mol. The van der Waals surface area contributed by atoms with Gasteiger partial charge in [-0.05, 0) is 97.1 Å². The van der Waals surface area contributed by atoms with Crippen LogP contribution in [0.2, 0.25) is 0 Å². The first kappa shape index (κ1) is 33.6. The van der Waals surface area contributed by atoms with E-state index in [9.17, 15) is 0 Å². The van der Waals surface area contributed by atoms with Crippen molar-refractivity contribution in [3.63, 3.8) is 0 Å². The van der Waals surface area contributed by atoms with Crippen LogP contribution in [-0.4, -0.2) is 40.5 Å². The van der Waals surface area contributed by atoms with Gasteiger partial charge < -0.3 is 14.5 Å². The molecule has 0 bridgehead atoms. The molecular formula is C47H56N2OS. The van der Waals surface area contributed by atoms with Gasteiger partial charge >= 0.3 is 0 Å². The number of hydrogen-bond acceptors (Lipinski definition) is 4. The van der Waals surface area contributed by atoms with Crippen LogP contribution in [0.3, 0.4) is 0 Å². The maximum atomic E-state index is 6.94. The third-order valence-corrected chi connectivity index (χ3v) is 14.8. The monoisotopic (exact) mass is 696 g/mol. The first-order chi connectivity index (χ1) is 24.8. The van der Waals surface area contributed by atoms with E-state index in [0.717, 1.165) is 6.42 Å². The number of rotatable bonds is 6. The van der Waals surface area contributed by atoms with Gasteiger partial charge in [-0.3, -0.25) is 0 Å². The highest BCUT2D eigenvalue weighted by atomic mass is 32.2. The van der Waals surface area contributed by atoms with Gasteiger partial charge in [0, 0.05) is 58.0 Å². The molecule has 0 aromatic heterocycles. The number of benzene rings is 2.